The fourth-order valence-corrected chi connectivity index (χ4v) is 5.89. The van der Waals surface area contributed by atoms with E-state index in [1.165, 1.54) is 11.1 Å². The lowest BCUT2D eigenvalue weighted by Gasteiger charge is -2.35. The quantitative estimate of drug-likeness (QED) is 0.525. The van der Waals surface area contributed by atoms with Crippen molar-refractivity contribution in [3.63, 3.8) is 0 Å². The van der Waals surface area contributed by atoms with Crippen molar-refractivity contribution in [2.75, 3.05) is 11.8 Å². The molecule has 0 radical (unpaired) electrons. The Morgan fingerprint density at radius 1 is 1.00 bits per heavy atom. The van der Waals surface area contributed by atoms with E-state index in [4.69, 9.17) is 23.2 Å². The predicted molar refractivity (Wildman–Crippen MR) is 82.5 cm³/mol. The Bertz CT molecular complexity index is 347. The molecule has 3 heteroatoms. The molecule has 0 fully saturated rings. The van der Waals surface area contributed by atoms with Gasteiger partial charge in [-0.05, 0) is 18.5 Å². The van der Waals surface area contributed by atoms with Gasteiger partial charge in [0, 0.05) is 25.2 Å². The molecule has 0 aliphatic carbocycles. The van der Waals surface area contributed by atoms with E-state index >= 15 is 0 Å². The predicted octanol–water partition coefficient (Wildman–Crippen LogP) is 5.05. The van der Waals surface area contributed by atoms with E-state index in [0.29, 0.717) is 11.8 Å². The van der Waals surface area contributed by atoms with E-state index in [0.717, 1.165) is 6.04 Å². The maximum Gasteiger partial charge on any atom is 0.0452 e. The van der Waals surface area contributed by atoms with Crippen LogP contribution in [-0.2, 0) is 5.41 Å². The van der Waals surface area contributed by atoms with Gasteiger partial charge in [0.1, 0.15) is 0 Å². The van der Waals surface area contributed by atoms with Crippen LogP contribution in [0, 0.1) is 6.92 Å². The third kappa shape index (κ3) is 4.01. The highest BCUT2D eigenvalue weighted by molar-refractivity contribution is 6.76. The van der Waals surface area contributed by atoms with Crippen LogP contribution in [-0.4, -0.2) is 19.8 Å². The summed E-state index contributed by atoms with van der Waals surface area (Å²) in [5, 5.41) is 0. The van der Waals surface area contributed by atoms with Crippen molar-refractivity contribution in [1.29, 1.82) is 0 Å². The van der Waals surface area contributed by atoms with Crippen molar-refractivity contribution in [1.82, 2.24) is 0 Å². The average molecular weight is 289 g/mol. The van der Waals surface area contributed by atoms with Gasteiger partial charge in [0.25, 0.3) is 0 Å². The zero-order valence-corrected chi connectivity index (χ0v) is 13.7. The van der Waals surface area contributed by atoms with E-state index in [2.05, 4.69) is 50.8 Å². The molecule has 0 saturated heterocycles. The van der Waals surface area contributed by atoms with Crippen molar-refractivity contribution in [3.8, 4) is 0 Å². The van der Waals surface area contributed by atoms with Crippen LogP contribution in [0.4, 0.5) is 0 Å². The molecule has 0 heterocycles. The van der Waals surface area contributed by atoms with Gasteiger partial charge < -0.3 is 0 Å². The molecule has 1 aromatic rings. The van der Waals surface area contributed by atoms with E-state index in [1.54, 1.807) is 0 Å². The summed E-state index contributed by atoms with van der Waals surface area (Å²) in [6.07, 6.45) is 0. The first-order chi connectivity index (χ1) is 7.83. The Morgan fingerprint density at radius 2 is 1.47 bits per heavy atom. The zero-order chi connectivity index (χ0) is 13.1. The SMILES string of the molecule is Cc1ccc(C(CCl)(CCl)C[Si](C)(C)C)cc1. The lowest BCUT2D eigenvalue weighted by Crippen LogP contribution is -2.39. The molecular formula is C14H22Cl2Si. The number of hydrogen-bond acceptors (Lipinski definition) is 0. The lowest BCUT2D eigenvalue weighted by atomic mass is 9.86. The van der Waals surface area contributed by atoms with Gasteiger partial charge in [-0.2, -0.15) is 0 Å². The summed E-state index contributed by atoms with van der Waals surface area (Å²) in [4.78, 5) is 0. The van der Waals surface area contributed by atoms with Crippen molar-refractivity contribution >= 4 is 31.3 Å². The summed E-state index contributed by atoms with van der Waals surface area (Å²) in [5.41, 5.74) is 2.51. The van der Waals surface area contributed by atoms with Crippen LogP contribution in [0.2, 0.25) is 25.7 Å². The molecule has 0 N–H and O–H groups in total. The number of alkyl halides is 2. The minimum absolute atomic E-state index is 0.0543. The first-order valence-corrected chi connectivity index (χ1v) is 10.8. The maximum atomic E-state index is 6.24. The Balaban J connectivity index is 3.10. The third-order valence-corrected chi connectivity index (χ3v) is 5.80. The van der Waals surface area contributed by atoms with Crippen LogP contribution < -0.4 is 0 Å². The summed E-state index contributed by atoms with van der Waals surface area (Å²) in [6, 6.07) is 9.79. The van der Waals surface area contributed by atoms with E-state index < -0.39 is 8.07 Å². The molecule has 0 aromatic heterocycles. The van der Waals surface area contributed by atoms with E-state index in [9.17, 15) is 0 Å². The number of hydrogen-bond donors (Lipinski definition) is 0. The number of aryl methyl sites for hydroxylation is 1. The van der Waals surface area contributed by atoms with Gasteiger partial charge in [-0.25, -0.2) is 0 Å². The summed E-state index contributed by atoms with van der Waals surface area (Å²) in [6.45, 7) is 9.21. The molecule has 1 rings (SSSR count). The number of benzene rings is 1. The average Bonchev–Trinajstić information content (AvgIpc) is 2.26. The molecule has 0 nitrogen and oxygen atoms in total. The topological polar surface area (TPSA) is 0 Å². The molecule has 1 aromatic carbocycles. The van der Waals surface area contributed by atoms with Crippen LogP contribution in [0.1, 0.15) is 11.1 Å². The summed E-state index contributed by atoms with van der Waals surface area (Å²) < 4.78 is 0. The van der Waals surface area contributed by atoms with E-state index in [-0.39, 0.29) is 5.41 Å². The Kier molecular flexibility index (Phi) is 5.12. The standard InChI is InChI=1S/C14H22Cl2Si/c1-12-5-7-13(8-6-12)14(9-15,10-16)11-17(2,3)4/h5-8H,9-11H2,1-4H3. The zero-order valence-electron chi connectivity index (χ0n) is 11.2. The third-order valence-electron chi connectivity index (χ3n) is 3.04. The first kappa shape index (κ1) is 15.1. The minimum Gasteiger partial charge on any atom is -0.126 e. The van der Waals surface area contributed by atoms with Gasteiger partial charge in [0.15, 0.2) is 0 Å². The van der Waals surface area contributed by atoms with Gasteiger partial charge in [-0.3, -0.25) is 0 Å². The van der Waals surface area contributed by atoms with Gasteiger partial charge in [-0.15, -0.1) is 23.2 Å². The fourth-order valence-electron chi connectivity index (χ4n) is 2.31. The molecule has 0 atom stereocenters. The number of halogens is 2. The Labute approximate surface area is 116 Å². The van der Waals surface area contributed by atoms with Crippen LogP contribution in [0.5, 0.6) is 0 Å². The number of rotatable bonds is 5. The van der Waals surface area contributed by atoms with Crippen LogP contribution in [0.15, 0.2) is 24.3 Å². The molecule has 17 heavy (non-hydrogen) atoms. The molecule has 0 amide bonds. The highest BCUT2D eigenvalue weighted by atomic mass is 35.5. The van der Waals surface area contributed by atoms with Crippen molar-refractivity contribution in [2.24, 2.45) is 0 Å². The Hall–Kier alpha value is 0.0169. The lowest BCUT2D eigenvalue weighted by molar-refractivity contribution is 0.595. The molecule has 96 valence electrons. The van der Waals surface area contributed by atoms with E-state index in [1.807, 2.05) is 0 Å². The highest BCUT2D eigenvalue weighted by Crippen LogP contribution is 2.36. The monoisotopic (exact) mass is 288 g/mol. The molecule has 0 unspecified atom stereocenters. The largest absolute Gasteiger partial charge is 0.126 e. The second kappa shape index (κ2) is 5.77. The van der Waals surface area contributed by atoms with Crippen LogP contribution >= 0.6 is 23.2 Å². The molecular weight excluding hydrogens is 267 g/mol. The van der Waals surface area contributed by atoms with Crippen molar-refractivity contribution < 1.29 is 0 Å². The van der Waals surface area contributed by atoms with Crippen LogP contribution in [0.3, 0.4) is 0 Å². The molecule has 0 saturated carbocycles. The fraction of sp³-hybridized carbons (Fsp3) is 0.571. The Morgan fingerprint density at radius 3 is 1.82 bits per heavy atom. The van der Waals surface area contributed by atoms with Gasteiger partial charge in [0.2, 0.25) is 0 Å². The van der Waals surface area contributed by atoms with Crippen LogP contribution in [0.25, 0.3) is 0 Å². The van der Waals surface area contributed by atoms with Gasteiger partial charge >= 0.3 is 0 Å². The molecule has 0 spiro atoms. The minimum atomic E-state index is -1.20. The normalized spacial score (nSPS) is 12.8. The second-order valence-electron chi connectivity index (χ2n) is 6.15. The van der Waals surface area contributed by atoms with Crippen molar-refractivity contribution in [2.45, 2.75) is 38.0 Å². The summed E-state index contributed by atoms with van der Waals surface area (Å²) >= 11 is 12.5. The smallest absolute Gasteiger partial charge is 0.0452 e. The highest BCUT2D eigenvalue weighted by Gasteiger charge is 2.35. The second-order valence-corrected chi connectivity index (χ2v) is 12.2. The summed E-state index contributed by atoms with van der Waals surface area (Å²) in [5.74, 6) is 1.20. The molecule has 0 aliphatic rings. The molecule has 0 aliphatic heterocycles. The van der Waals surface area contributed by atoms with Gasteiger partial charge in [-0.1, -0.05) is 49.5 Å². The maximum absolute atomic E-state index is 6.24. The van der Waals surface area contributed by atoms with Gasteiger partial charge in [0.05, 0.1) is 0 Å². The summed E-state index contributed by atoms with van der Waals surface area (Å²) in [7, 11) is -1.20. The van der Waals surface area contributed by atoms with Crippen molar-refractivity contribution in [3.05, 3.63) is 35.4 Å². The first-order valence-electron chi connectivity index (χ1n) is 6.02. The molecule has 0 bridgehead atoms.